The molecule has 0 N–H and O–H groups in total. The first-order valence-corrected chi connectivity index (χ1v) is 9.52. The van der Waals surface area contributed by atoms with E-state index in [0.29, 0.717) is 37.9 Å². The van der Waals surface area contributed by atoms with Gasteiger partial charge in [0.25, 0.3) is 5.69 Å². The molecule has 0 aliphatic carbocycles. The maximum Gasteiger partial charge on any atom is 0.269 e. The summed E-state index contributed by atoms with van der Waals surface area (Å²) in [6.45, 7) is 4.29. The number of aryl methyl sites for hydroxylation is 1. The highest BCUT2D eigenvalue weighted by molar-refractivity contribution is 5.79. The number of amides is 1. The van der Waals surface area contributed by atoms with E-state index in [2.05, 4.69) is 20.0 Å². The van der Waals surface area contributed by atoms with Crippen molar-refractivity contribution in [1.29, 1.82) is 0 Å². The Morgan fingerprint density at radius 3 is 2.43 bits per heavy atom. The van der Waals surface area contributed by atoms with Crippen molar-refractivity contribution in [2.45, 2.75) is 13.3 Å². The van der Waals surface area contributed by atoms with Crippen LogP contribution < -0.4 is 4.90 Å². The molecule has 3 aromatic rings. The number of piperazine rings is 1. The van der Waals surface area contributed by atoms with Gasteiger partial charge in [-0.1, -0.05) is 17.3 Å². The smallest absolute Gasteiger partial charge is 0.269 e. The number of aromatic nitrogens is 3. The molecule has 1 amide bonds. The first-order chi connectivity index (χ1) is 14.5. The first kappa shape index (κ1) is 19.5. The topological polar surface area (TPSA) is 118 Å². The van der Waals surface area contributed by atoms with Crippen LogP contribution in [0.5, 0.6) is 0 Å². The van der Waals surface area contributed by atoms with E-state index in [1.54, 1.807) is 25.3 Å². The molecule has 10 nitrogen and oxygen atoms in total. The number of carbonyl (C=O) groups is 1. The van der Waals surface area contributed by atoms with Crippen molar-refractivity contribution in [3.05, 3.63) is 64.2 Å². The number of non-ortho nitro benzene ring substituents is 1. The second kappa shape index (κ2) is 8.27. The van der Waals surface area contributed by atoms with Gasteiger partial charge < -0.3 is 14.3 Å². The Balaban J connectivity index is 1.32. The number of nitrogens with zero attached hydrogens (tertiary/aromatic N) is 6. The van der Waals surface area contributed by atoms with Crippen molar-refractivity contribution < 1.29 is 14.2 Å². The van der Waals surface area contributed by atoms with Crippen molar-refractivity contribution in [3.8, 4) is 11.4 Å². The molecule has 1 aliphatic heterocycles. The zero-order chi connectivity index (χ0) is 21.1. The monoisotopic (exact) mass is 408 g/mol. The molecule has 1 aliphatic rings. The fourth-order valence-electron chi connectivity index (χ4n) is 3.33. The summed E-state index contributed by atoms with van der Waals surface area (Å²) in [4.78, 5) is 35.5. The zero-order valence-electron chi connectivity index (χ0n) is 16.4. The van der Waals surface area contributed by atoms with Crippen molar-refractivity contribution in [1.82, 2.24) is 20.0 Å². The molecule has 1 fully saturated rings. The molecule has 2 aromatic heterocycles. The summed E-state index contributed by atoms with van der Waals surface area (Å²) < 4.78 is 4.99. The lowest BCUT2D eigenvalue weighted by Crippen LogP contribution is -2.49. The van der Waals surface area contributed by atoms with Crippen LogP contribution in [0.1, 0.15) is 11.5 Å². The van der Waals surface area contributed by atoms with Crippen LogP contribution in [0.2, 0.25) is 0 Å². The van der Waals surface area contributed by atoms with Gasteiger partial charge in [0.05, 0.1) is 11.3 Å². The average Bonchev–Trinajstić information content (AvgIpc) is 3.20. The third-order valence-electron chi connectivity index (χ3n) is 4.99. The molecule has 0 spiro atoms. The quantitative estimate of drug-likeness (QED) is 0.466. The second-order valence-corrected chi connectivity index (χ2v) is 7.01. The molecular formula is C20H20N6O4. The Hall–Kier alpha value is -3.82. The lowest BCUT2D eigenvalue weighted by Gasteiger charge is -2.35. The summed E-state index contributed by atoms with van der Waals surface area (Å²) in [5.74, 6) is 1.86. The number of pyridine rings is 1. The van der Waals surface area contributed by atoms with Crippen LogP contribution in [-0.4, -0.2) is 57.0 Å². The van der Waals surface area contributed by atoms with Gasteiger partial charge in [-0.05, 0) is 17.7 Å². The van der Waals surface area contributed by atoms with Gasteiger partial charge in [0, 0.05) is 57.0 Å². The molecule has 10 heteroatoms. The third-order valence-corrected chi connectivity index (χ3v) is 4.99. The predicted octanol–water partition coefficient (Wildman–Crippen LogP) is 2.24. The highest BCUT2D eigenvalue weighted by Gasteiger charge is 2.22. The van der Waals surface area contributed by atoms with Crippen LogP contribution in [0.25, 0.3) is 11.4 Å². The number of rotatable bonds is 5. The number of anilines is 1. The SMILES string of the molecule is Cc1nc(-c2ccc(N3CCN(C(=O)Cc4ccc([N+](=O)[O-])cc4)CC3)nc2)no1. The predicted molar refractivity (Wildman–Crippen MR) is 108 cm³/mol. The van der Waals surface area contributed by atoms with E-state index < -0.39 is 4.92 Å². The molecule has 0 bridgehead atoms. The fourth-order valence-corrected chi connectivity index (χ4v) is 3.33. The Morgan fingerprint density at radius 1 is 1.13 bits per heavy atom. The molecule has 0 radical (unpaired) electrons. The molecule has 0 unspecified atom stereocenters. The molecule has 0 saturated carbocycles. The van der Waals surface area contributed by atoms with Crippen molar-refractivity contribution in [2.75, 3.05) is 31.1 Å². The van der Waals surface area contributed by atoms with Gasteiger partial charge in [0.2, 0.25) is 17.6 Å². The van der Waals surface area contributed by atoms with Crippen LogP contribution in [0.3, 0.4) is 0 Å². The van der Waals surface area contributed by atoms with Gasteiger partial charge in [-0.25, -0.2) is 4.98 Å². The Kier molecular flexibility index (Phi) is 5.38. The highest BCUT2D eigenvalue weighted by atomic mass is 16.6. The molecule has 4 rings (SSSR count). The van der Waals surface area contributed by atoms with E-state index in [-0.39, 0.29) is 18.0 Å². The standard InChI is InChI=1S/C20H20N6O4/c1-14-22-20(23-30-14)16-4-7-18(21-13-16)24-8-10-25(11-9-24)19(27)12-15-2-5-17(6-3-15)26(28)29/h2-7,13H,8-12H2,1H3. The minimum absolute atomic E-state index is 0.0132. The van der Waals surface area contributed by atoms with Crippen LogP contribution >= 0.6 is 0 Å². The van der Waals surface area contributed by atoms with Gasteiger partial charge >= 0.3 is 0 Å². The van der Waals surface area contributed by atoms with Crippen molar-refractivity contribution in [3.63, 3.8) is 0 Å². The van der Waals surface area contributed by atoms with E-state index in [1.807, 2.05) is 17.0 Å². The molecule has 1 aromatic carbocycles. The molecule has 3 heterocycles. The number of hydrogen-bond donors (Lipinski definition) is 0. The molecule has 1 saturated heterocycles. The van der Waals surface area contributed by atoms with Gasteiger partial charge in [0.1, 0.15) is 5.82 Å². The largest absolute Gasteiger partial charge is 0.353 e. The summed E-state index contributed by atoms with van der Waals surface area (Å²) in [6, 6.07) is 9.91. The van der Waals surface area contributed by atoms with Crippen LogP contribution in [0.4, 0.5) is 11.5 Å². The van der Waals surface area contributed by atoms with Crippen LogP contribution in [0, 0.1) is 17.0 Å². The summed E-state index contributed by atoms with van der Waals surface area (Å²) in [5.41, 5.74) is 1.57. The average molecular weight is 408 g/mol. The number of nitro groups is 1. The normalized spacial score (nSPS) is 14.0. The molecule has 30 heavy (non-hydrogen) atoms. The summed E-state index contributed by atoms with van der Waals surface area (Å²) in [6.07, 6.45) is 1.95. The molecular weight excluding hydrogens is 388 g/mol. The Morgan fingerprint density at radius 2 is 1.87 bits per heavy atom. The van der Waals surface area contributed by atoms with Gasteiger partial charge in [-0.2, -0.15) is 4.98 Å². The fraction of sp³-hybridized carbons (Fsp3) is 0.300. The number of benzene rings is 1. The maximum atomic E-state index is 12.6. The minimum Gasteiger partial charge on any atom is -0.353 e. The maximum absolute atomic E-state index is 12.6. The molecule has 0 atom stereocenters. The summed E-state index contributed by atoms with van der Waals surface area (Å²) in [7, 11) is 0. The van der Waals surface area contributed by atoms with Crippen molar-refractivity contribution >= 4 is 17.4 Å². The summed E-state index contributed by atoms with van der Waals surface area (Å²) in [5, 5.41) is 14.6. The van der Waals surface area contributed by atoms with Gasteiger partial charge in [-0.3, -0.25) is 14.9 Å². The van der Waals surface area contributed by atoms with Gasteiger partial charge in [0.15, 0.2) is 0 Å². The number of nitro benzene ring substituents is 1. The highest BCUT2D eigenvalue weighted by Crippen LogP contribution is 2.20. The first-order valence-electron chi connectivity index (χ1n) is 9.52. The van der Waals surface area contributed by atoms with E-state index in [1.165, 1.54) is 12.1 Å². The lowest BCUT2D eigenvalue weighted by molar-refractivity contribution is -0.384. The van der Waals surface area contributed by atoms with E-state index in [9.17, 15) is 14.9 Å². The number of carbonyl (C=O) groups excluding carboxylic acids is 1. The second-order valence-electron chi connectivity index (χ2n) is 7.01. The minimum atomic E-state index is -0.450. The Labute approximate surface area is 172 Å². The zero-order valence-corrected chi connectivity index (χ0v) is 16.4. The molecule has 154 valence electrons. The van der Waals surface area contributed by atoms with Crippen LogP contribution in [0.15, 0.2) is 47.1 Å². The van der Waals surface area contributed by atoms with E-state index in [0.717, 1.165) is 16.9 Å². The van der Waals surface area contributed by atoms with Crippen molar-refractivity contribution in [2.24, 2.45) is 0 Å². The lowest BCUT2D eigenvalue weighted by atomic mass is 10.1. The van der Waals surface area contributed by atoms with E-state index in [4.69, 9.17) is 4.52 Å². The van der Waals surface area contributed by atoms with E-state index >= 15 is 0 Å². The number of hydrogen-bond acceptors (Lipinski definition) is 8. The van der Waals surface area contributed by atoms with Crippen LogP contribution in [-0.2, 0) is 11.2 Å². The summed E-state index contributed by atoms with van der Waals surface area (Å²) >= 11 is 0. The van der Waals surface area contributed by atoms with Gasteiger partial charge in [-0.15, -0.1) is 0 Å². The Bertz CT molecular complexity index is 1040. The third kappa shape index (κ3) is 4.27.